The van der Waals surface area contributed by atoms with Gasteiger partial charge in [0.2, 0.25) is 5.43 Å². The highest BCUT2D eigenvalue weighted by atomic mass is 16.5. The van der Waals surface area contributed by atoms with Gasteiger partial charge in [0.05, 0.1) is 27.4 Å². The number of terminal acetylenes is 1. The molecule has 0 unspecified atom stereocenters. The summed E-state index contributed by atoms with van der Waals surface area (Å²) in [6.07, 6.45) is 7.20. The Morgan fingerprint density at radius 3 is 2.47 bits per heavy atom. The molecule has 0 amide bonds. The molecular formula is C22H13NO9. The molecule has 0 fully saturated rings. The standard InChI is InChI=1S/C22H13NO9/c1-2-3-31-22(30)18-17-16(6-15(26)21(18)29)32-8-11(20(17)28)10-7-23-12-5-14(25)13(24)4-9(12)19(10)27/h1,4-8,24-26,29H,3H2,(H,23,27). The van der Waals surface area contributed by atoms with Crippen molar-refractivity contribution in [3.05, 3.63) is 56.7 Å². The number of phenols is 4. The van der Waals surface area contributed by atoms with E-state index in [0.717, 1.165) is 24.5 Å². The SMILES string of the molecule is C#CCOC(=O)c1c(O)c(O)cc2occ(-c3c[nH]c4cc(O)c(O)cc4c3=O)c(=O)c12. The molecule has 0 aliphatic carbocycles. The van der Waals surface area contributed by atoms with Crippen LogP contribution in [0.25, 0.3) is 33.0 Å². The molecule has 0 spiro atoms. The van der Waals surface area contributed by atoms with Gasteiger partial charge in [-0.3, -0.25) is 9.59 Å². The summed E-state index contributed by atoms with van der Waals surface area (Å²) in [4.78, 5) is 41.4. The Hall–Kier alpha value is -4.91. The zero-order valence-electron chi connectivity index (χ0n) is 16.0. The summed E-state index contributed by atoms with van der Waals surface area (Å²) in [6, 6.07) is 3.10. The Bertz CT molecular complexity index is 1590. The first-order valence-corrected chi connectivity index (χ1v) is 8.93. The van der Waals surface area contributed by atoms with Crippen molar-refractivity contribution in [2.75, 3.05) is 6.61 Å². The number of hydrogen-bond acceptors (Lipinski definition) is 9. The maximum Gasteiger partial charge on any atom is 0.343 e. The smallest absolute Gasteiger partial charge is 0.343 e. The topological polar surface area (TPSA) is 170 Å². The predicted molar refractivity (Wildman–Crippen MR) is 112 cm³/mol. The third-order valence-corrected chi connectivity index (χ3v) is 4.78. The Labute approximate surface area is 177 Å². The fourth-order valence-electron chi connectivity index (χ4n) is 3.27. The second-order valence-electron chi connectivity index (χ2n) is 6.67. The van der Waals surface area contributed by atoms with Crippen molar-refractivity contribution in [3.8, 4) is 46.5 Å². The van der Waals surface area contributed by atoms with Gasteiger partial charge in [-0.25, -0.2) is 4.79 Å². The molecule has 0 aliphatic heterocycles. The lowest BCUT2D eigenvalue weighted by molar-refractivity contribution is 0.0555. The molecular weight excluding hydrogens is 422 g/mol. The second-order valence-corrected chi connectivity index (χ2v) is 6.67. The monoisotopic (exact) mass is 435 g/mol. The number of aromatic hydroxyl groups is 4. The Morgan fingerprint density at radius 1 is 1.03 bits per heavy atom. The Morgan fingerprint density at radius 2 is 1.75 bits per heavy atom. The Balaban J connectivity index is 2.04. The summed E-state index contributed by atoms with van der Waals surface area (Å²) >= 11 is 0. The molecule has 0 radical (unpaired) electrons. The molecule has 0 atom stereocenters. The average molecular weight is 435 g/mol. The molecule has 5 N–H and O–H groups in total. The maximum absolute atomic E-state index is 13.3. The van der Waals surface area contributed by atoms with Gasteiger partial charge in [0.25, 0.3) is 0 Å². The van der Waals surface area contributed by atoms with E-state index in [9.17, 15) is 34.8 Å². The van der Waals surface area contributed by atoms with E-state index in [-0.39, 0.29) is 27.6 Å². The summed E-state index contributed by atoms with van der Waals surface area (Å²) in [5.41, 5.74) is -2.73. The van der Waals surface area contributed by atoms with E-state index in [2.05, 4.69) is 10.9 Å². The molecule has 10 nitrogen and oxygen atoms in total. The van der Waals surface area contributed by atoms with Gasteiger partial charge < -0.3 is 34.6 Å². The molecule has 4 rings (SSSR count). The fourth-order valence-corrected chi connectivity index (χ4v) is 3.27. The minimum absolute atomic E-state index is 0.0282. The van der Waals surface area contributed by atoms with E-state index in [1.54, 1.807) is 0 Å². The van der Waals surface area contributed by atoms with Crippen LogP contribution in [0.4, 0.5) is 0 Å². The van der Waals surface area contributed by atoms with Crippen molar-refractivity contribution in [1.82, 2.24) is 4.98 Å². The summed E-state index contributed by atoms with van der Waals surface area (Å²) in [5.74, 6) is -1.76. The van der Waals surface area contributed by atoms with Gasteiger partial charge in [0.1, 0.15) is 17.4 Å². The van der Waals surface area contributed by atoms with Gasteiger partial charge in [0.15, 0.2) is 35.0 Å². The van der Waals surface area contributed by atoms with E-state index >= 15 is 0 Å². The number of hydrogen-bond donors (Lipinski definition) is 5. The molecule has 0 saturated heterocycles. The molecule has 32 heavy (non-hydrogen) atoms. The normalized spacial score (nSPS) is 10.8. The highest BCUT2D eigenvalue weighted by Crippen LogP contribution is 2.36. The average Bonchev–Trinajstić information content (AvgIpc) is 2.76. The molecule has 2 aromatic carbocycles. The molecule has 0 aliphatic rings. The number of fused-ring (bicyclic) bond motifs is 2. The summed E-state index contributed by atoms with van der Waals surface area (Å²) in [7, 11) is 0. The van der Waals surface area contributed by atoms with Crippen LogP contribution in [0.1, 0.15) is 10.4 Å². The van der Waals surface area contributed by atoms with Crippen LogP contribution in [0.5, 0.6) is 23.0 Å². The lowest BCUT2D eigenvalue weighted by Crippen LogP contribution is -2.16. The van der Waals surface area contributed by atoms with Gasteiger partial charge in [-0.05, 0) is 6.07 Å². The van der Waals surface area contributed by atoms with Crippen molar-refractivity contribution in [2.24, 2.45) is 0 Å². The highest BCUT2D eigenvalue weighted by Gasteiger charge is 2.26. The van der Waals surface area contributed by atoms with Gasteiger partial charge in [-0.15, -0.1) is 6.42 Å². The van der Waals surface area contributed by atoms with Crippen molar-refractivity contribution in [3.63, 3.8) is 0 Å². The second kappa shape index (κ2) is 7.41. The number of H-pyrrole nitrogens is 1. The molecule has 0 bridgehead atoms. The van der Waals surface area contributed by atoms with Crippen molar-refractivity contribution >= 4 is 27.8 Å². The Kier molecular flexibility index (Phi) is 4.71. The summed E-state index contributed by atoms with van der Waals surface area (Å²) in [6.45, 7) is -0.457. The number of esters is 1. The van der Waals surface area contributed by atoms with Gasteiger partial charge >= 0.3 is 5.97 Å². The van der Waals surface area contributed by atoms with E-state index in [1.807, 2.05) is 0 Å². The van der Waals surface area contributed by atoms with Crippen LogP contribution in [-0.4, -0.2) is 38.0 Å². The molecule has 160 valence electrons. The number of carbonyl (C=O) groups excluding carboxylic acids is 1. The minimum atomic E-state index is -1.18. The predicted octanol–water partition coefficient (Wildman–Crippen LogP) is 1.91. The van der Waals surface area contributed by atoms with Crippen LogP contribution in [-0.2, 0) is 4.74 Å². The van der Waals surface area contributed by atoms with Crippen molar-refractivity contribution in [2.45, 2.75) is 0 Å². The lowest BCUT2D eigenvalue weighted by atomic mass is 10.0. The summed E-state index contributed by atoms with van der Waals surface area (Å²) in [5, 5.41) is 39.0. The van der Waals surface area contributed by atoms with Gasteiger partial charge in [-0.1, -0.05) is 5.92 Å². The van der Waals surface area contributed by atoms with Crippen LogP contribution < -0.4 is 10.9 Å². The third kappa shape index (κ3) is 3.05. The largest absolute Gasteiger partial charge is 0.504 e. The summed E-state index contributed by atoms with van der Waals surface area (Å²) < 4.78 is 10.1. The number of pyridine rings is 1. The number of nitrogens with one attached hydrogen (secondary N) is 1. The quantitative estimate of drug-likeness (QED) is 0.183. The molecule has 2 heterocycles. The number of carbonyl (C=O) groups is 1. The van der Waals surface area contributed by atoms with Gasteiger partial charge in [-0.2, -0.15) is 0 Å². The van der Waals surface area contributed by atoms with Crippen LogP contribution in [0, 0.1) is 12.3 Å². The zero-order chi connectivity index (χ0) is 23.2. The minimum Gasteiger partial charge on any atom is -0.504 e. The number of aromatic nitrogens is 1. The fraction of sp³-hybridized carbons (Fsp3) is 0.0455. The van der Waals surface area contributed by atoms with Crippen molar-refractivity contribution < 1.29 is 34.4 Å². The van der Waals surface area contributed by atoms with Crippen LogP contribution in [0.2, 0.25) is 0 Å². The number of aromatic amines is 1. The van der Waals surface area contributed by atoms with Crippen molar-refractivity contribution in [1.29, 1.82) is 0 Å². The molecule has 10 heteroatoms. The molecule has 4 aromatic rings. The van der Waals surface area contributed by atoms with Gasteiger partial charge in [0, 0.05) is 18.3 Å². The van der Waals surface area contributed by atoms with Crippen LogP contribution >= 0.6 is 0 Å². The molecule has 2 aromatic heterocycles. The van der Waals surface area contributed by atoms with Crippen LogP contribution in [0.3, 0.4) is 0 Å². The number of benzene rings is 2. The highest BCUT2D eigenvalue weighted by molar-refractivity contribution is 6.07. The number of phenolic OH excluding ortho intramolecular Hbond substituents is 4. The molecule has 0 saturated carbocycles. The van der Waals surface area contributed by atoms with E-state index < -0.39 is 57.4 Å². The first-order valence-electron chi connectivity index (χ1n) is 8.93. The zero-order valence-corrected chi connectivity index (χ0v) is 16.0. The lowest BCUT2D eigenvalue weighted by Gasteiger charge is -2.10. The maximum atomic E-state index is 13.3. The van der Waals surface area contributed by atoms with E-state index in [0.29, 0.717) is 0 Å². The first-order chi connectivity index (χ1) is 15.2. The van der Waals surface area contributed by atoms with E-state index in [4.69, 9.17) is 15.6 Å². The number of ether oxygens (including phenoxy) is 1. The first kappa shape index (κ1) is 20.4. The number of rotatable bonds is 3. The van der Waals surface area contributed by atoms with Crippen LogP contribution in [0.15, 0.2) is 44.7 Å². The third-order valence-electron chi connectivity index (χ3n) is 4.78. The van der Waals surface area contributed by atoms with E-state index in [1.165, 1.54) is 6.20 Å².